The van der Waals surface area contributed by atoms with E-state index in [9.17, 15) is 15.2 Å². The summed E-state index contributed by atoms with van der Waals surface area (Å²) in [5.41, 5.74) is 1.86. The van der Waals surface area contributed by atoms with Crippen LogP contribution in [-0.4, -0.2) is 49.7 Å². The van der Waals surface area contributed by atoms with Crippen molar-refractivity contribution in [1.29, 1.82) is 0 Å². The highest BCUT2D eigenvalue weighted by Crippen LogP contribution is 2.36. The number of aromatic hydroxyl groups is 1. The fourth-order valence-electron chi connectivity index (χ4n) is 2.70. The minimum absolute atomic E-state index is 0.0308. The first-order chi connectivity index (χ1) is 12.6. The summed E-state index contributed by atoms with van der Waals surface area (Å²) in [7, 11) is 1.34. The van der Waals surface area contributed by atoms with Gasteiger partial charge in [0.1, 0.15) is 0 Å². The number of ether oxygens (including phenoxy) is 2. The molecule has 1 saturated heterocycles. The Bertz CT molecular complexity index is 814. The van der Waals surface area contributed by atoms with E-state index in [2.05, 4.69) is 9.89 Å². The number of phenolic OH excluding ortho intramolecular Hbond substituents is 1. The Kier molecular flexibility index (Phi) is 5.33. The van der Waals surface area contributed by atoms with Gasteiger partial charge in [-0.3, -0.25) is 15.1 Å². The monoisotopic (exact) mass is 357 g/mol. The third-order valence-corrected chi connectivity index (χ3v) is 4.08. The number of hydrogen-bond acceptors (Lipinski definition) is 7. The van der Waals surface area contributed by atoms with Crippen LogP contribution in [0.25, 0.3) is 0 Å². The van der Waals surface area contributed by atoms with Gasteiger partial charge < -0.3 is 19.5 Å². The first-order valence-electron chi connectivity index (χ1n) is 8.10. The van der Waals surface area contributed by atoms with E-state index in [0.29, 0.717) is 5.56 Å². The lowest BCUT2D eigenvalue weighted by atomic mass is 10.2. The normalized spacial score (nSPS) is 14.6. The zero-order valence-electron chi connectivity index (χ0n) is 14.3. The minimum atomic E-state index is -0.660. The summed E-state index contributed by atoms with van der Waals surface area (Å²) in [6.45, 7) is 3.17. The van der Waals surface area contributed by atoms with E-state index < -0.39 is 16.4 Å². The highest BCUT2D eigenvalue weighted by Gasteiger charge is 2.19. The summed E-state index contributed by atoms with van der Waals surface area (Å²) < 4.78 is 10.3. The molecule has 0 amide bonds. The van der Waals surface area contributed by atoms with Crippen LogP contribution in [0.4, 0.5) is 17.1 Å². The van der Waals surface area contributed by atoms with Crippen LogP contribution < -0.4 is 9.64 Å². The maximum atomic E-state index is 11.0. The smallest absolute Gasteiger partial charge is 0.315 e. The van der Waals surface area contributed by atoms with Crippen LogP contribution in [0.2, 0.25) is 0 Å². The second-order valence-corrected chi connectivity index (χ2v) is 5.72. The number of nitro benzene ring substituents is 1. The summed E-state index contributed by atoms with van der Waals surface area (Å²) in [4.78, 5) is 17.0. The second-order valence-electron chi connectivity index (χ2n) is 5.72. The standard InChI is InChI=1S/C18H19N3O5/c1-25-17-11-13(10-16(18(17)22)21(23)24)12-19-14-2-4-15(5-3-14)20-6-8-26-9-7-20/h2-5,10-12,22H,6-9H2,1H3. The van der Waals surface area contributed by atoms with Crippen LogP contribution in [-0.2, 0) is 4.74 Å². The molecule has 0 spiro atoms. The lowest BCUT2D eigenvalue weighted by molar-refractivity contribution is -0.386. The Morgan fingerprint density at radius 3 is 2.58 bits per heavy atom. The fraction of sp³-hybridized carbons (Fsp3) is 0.278. The molecule has 1 heterocycles. The van der Waals surface area contributed by atoms with Crippen molar-refractivity contribution in [2.75, 3.05) is 38.3 Å². The molecule has 136 valence electrons. The third kappa shape index (κ3) is 3.92. The molecule has 26 heavy (non-hydrogen) atoms. The molecular formula is C18H19N3O5. The Hall–Kier alpha value is -3.13. The molecule has 0 aromatic heterocycles. The van der Waals surface area contributed by atoms with Gasteiger partial charge in [-0.2, -0.15) is 0 Å². The molecule has 1 aliphatic rings. The van der Waals surface area contributed by atoms with E-state index in [4.69, 9.17) is 9.47 Å². The lowest BCUT2D eigenvalue weighted by Crippen LogP contribution is -2.36. The van der Waals surface area contributed by atoms with Crippen molar-refractivity contribution in [3.63, 3.8) is 0 Å². The molecule has 3 rings (SSSR count). The van der Waals surface area contributed by atoms with Crippen molar-refractivity contribution < 1.29 is 19.5 Å². The second kappa shape index (κ2) is 7.83. The topological polar surface area (TPSA) is 97.4 Å². The highest BCUT2D eigenvalue weighted by molar-refractivity contribution is 5.85. The molecule has 0 unspecified atom stereocenters. The molecule has 0 atom stereocenters. The Balaban J connectivity index is 1.79. The summed E-state index contributed by atoms with van der Waals surface area (Å²) in [6.07, 6.45) is 1.50. The number of aliphatic imine (C=N–C) groups is 1. The van der Waals surface area contributed by atoms with E-state index in [1.807, 2.05) is 24.3 Å². The largest absolute Gasteiger partial charge is 0.500 e. The Morgan fingerprint density at radius 2 is 1.96 bits per heavy atom. The van der Waals surface area contributed by atoms with Gasteiger partial charge in [0.15, 0.2) is 5.75 Å². The van der Waals surface area contributed by atoms with Crippen LogP contribution in [0.1, 0.15) is 5.56 Å². The quantitative estimate of drug-likeness (QED) is 0.502. The van der Waals surface area contributed by atoms with Gasteiger partial charge >= 0.3 is 5.69 Å². The van der Waals surface area contributed by atoms with E-state index in [0.717, 1.165) is 37.7 Å². The zero-order chi connectivity index (χ0) is 18.5. The van der Waals surface area contributed by atoms with Crippen LogP contribution >= 0.6 is 0 Å². The van der Waals surface area contributed by atoms with E-state index in [1.165, 1.54) is 25.5 Å². The molecule has 1 fully saturated rings. The third-order valence-electron chi connectivity index (χ3n) is 4.08. The van der Waals surface area contributed by atoms with Crippen molar-refractivity contribution in [2.24, 2.45) is 4.99 Å². The van der Waals surface area contributed by atoms with Gasteiger partial charge in [0, 0.05) is 36.6 Å². The van der Waals surface area contributed by atoms with Crippen molar-refractivity contribution >= 4 is 23.3 Å². The fourth-order valence-corrected chi connectivity index (χ4v) is 2.70. The first-order valence-corrected chi connectivity index (χ1v) is 8.10. The number of hydrogen-bond donors (Lipinski definition) is 1. The van der Waals surface area contributed by atoms with Crippen LogP contribution in [0, 0.1) is 10.1 Å². The molecule has 0 radical (unpaired) electrons. The molecule has 1 aliphatic heterocycles. The van der Waals surface area contributed by atoms with Crippen molar-refractivity contribution in [2.45, 2.75) is 0 Å². The van der Waals surface area contributed by atoms with Gasteiger partial charge in [0.2, 0.25) is 5.75 Å². The van der Waals surface area contributed by atoms with Crippen molar-refractivity contribution in [3.05, 3.63) is 52.1 Å². The minimum Gasteiger partial charge on any atom is -0.500 e. The molecule has 8 heteroatoms. The van der Waals surface area contributed by atoms with Crippen LogP contribution in [0.3, 0.4) is 0 Å². The predicted octanol–water partition coefficient (Wildman–Crippen LogP) is 2.90. The maximum Gasteiger partial charge on any atom is 0.315 e. The lowest BCUT2D eigenvalue weighted by Gasteiger charge is -2.28. The first kappa shape index (κ1) is 17.7. The SMILES string of the molecule is COc1cc(C=Nc2ccc(N3CCOCC3)cc2)cc([N+](=O)[O-])c1O. The average molecular weight is 357 g/mol. The van der Waals surface area contributed by atoms with Crippen LogP contribution in [0.15, 0.2) is 41.4 Å². The summed E-state index contributed by atoms with van der Waals surface area (Å²) in [5.74, 6) is -0.465. The maximum absolute atomic E-state index is 11.0. The number of methoxy groups -OCH3 is 1. The number of anilines is 1. The summed E-state index contributed by atoms with van der Waals surface area (Å²) >= 11 is 0. The molecule has 2 aromatic rings. The van der Waals surface area contributed by atoms with Crippen molar-refractivity contribution in [3.8, 4) is 11.5 Å². The predicted molar refractivity (Wildman–Crippen MR) is 98.0 cm³/mol. The van der Waals surface area contributed by atoms with E-state index in [1.54, 1.807) is 0 Å². The summed E-state index contributed by atoms with van der Waals surface area (Å²) in [6, 6.07) is 10.5. The number of rotatable bonds is 5. The average Bonchev–Trinajstić information content (AvgIpc) is 2.68. The molecule has 0 bridgehead atoms. The van der Waals surface area contributed by atoms with Gasteiger partial charge in [-0.1, -0.05) is 0 Å². The number of morpholine rings is 1. The van der Waals surface area contributed by atoms with Crippen molar-refractivity contribution in [1.82, 2.24) is 0 Å². The van der Waals surface area contributed by atoms with Gasteiger partial charge in [0.05, 0.1) is 30.9 Å². The zero-order valence-corrected chi connectivity index (χ0v) is 14.3. The molecular weight excluding hydrogens is 338 g/mol. The Labute approximate surface area is 150 Å². The van der Waals surface area contributed by atoms with E-state index >= 15 is 0 Å². The Morgan fingerprint density at radius 1 is 1.27 bits per heavy atom. The van der Waals surface area contributed by atoms with Gasteiger partial charge in [-0.25, -0.2) is 0 Å². The number of nitro groups is 1. The van der Waals surface area contributed by atoms with Gasteiger partial charge in [0.25, 0.3) is 0 Å². The molecule has 2 aromatic carbocycles. The van der Waals surface area contributed by atoms with Gasteiger partial charge in [-0.15, -0.1) is 0 Å². The summed E-state index contributed by atoms with van der Waals surface area (Å²) in [5, 5.41) is 20.8. The molecule has 0 aliphatic carbocycles. The van der Waals surface area contributed by atoms with E-state index in [-0.39, 0.29) is 5.75 Å². The number of benzene rings is 2. The molecule has 0 saturated carbocycles. The molecule has 1 N–H and O–H groups in total. The number of nitrogens with zero attached hydrogens (tertiary/aromatic N) is 3. The highest BCUT2D eigenvalue weighted by atomic mass is 16.6. The number of phenols is 1. The van der Waals surface area contributed by atoms with Crippen LogP contribution in [0.5, 0.6) is 11.5 Å². The van der Waals surface area contributed by atoms with Gasteiger partial charge in [-0.05, 0) is 30.3 Å². The molecule has 8 nitrogen and oxygen atoms in total.